The zero-order chi connectivity index (χ0) is 11.3. The molecule has 0 aliphatic rings. The van der Waals surface area contributed by atoms with E-state index in [9.17, 15) is 4.79 Å². The van der Waals surface area contributed by atoms with E-state index in [-0.39, 0.29) is 11.9 Å². The standard InChI is InChI=1S/C12H16ClNO/c1-3-4-12(15)14-9(2)10-5-7-11(13)8-6-10/h5-9H,3-4H2,1-2H3,(H,14,15)/t9-/m0/s1. The highest BCUT2D eigenvalue weighted by molar-refractivity contribution is 6.30. The Labute approximate surface area is 95.6 Å². The largest absolute Gasteiger partial charge is 0.350 e. The smallest absolute Gasteiger partial charge is 0.220 e. The van der Waals surface area contributed by atoms with Crippen LogP contribution in [0.4, 0.5) is 0 Å². The maximum atomic E-state index is 11.4. The summed E-state index contributed by atoms with van der Waals surface area (Å²) in [5.41, 5.74) is 1.07. The van der Waals surface area contributed by atoms with Crippen LogP contribution in [0.2, 0.25) is 5.02 Å². The zero-order valence-corrected chi connectivity index (χ0v) is 9.84. The number of carbonyl (C=O) groups excluding carboxylic acids is 1. The van der Waals surface area contributed by atoms with E-state index in [4.69, 9.17) is 11.6 Å². The van der Waals surface area contributed by atoms with Gasteiger partial charge >= 0.3 is 0 Å². The molecule has 1 atom stereocenters. The van der Waals surface area contributed by atoms with Crippen molar-refractivity contribution in [3.8, 4) is 0 Å². The highest BCUT2D eigenvalue weighted by Gasteiger charge is 2.07. The van der Waals surface area contributed by atoms with Gasteiger partial charge in [-0.15, -0.1) is 0 Å². The highest BCUT2D eigenvalue weighted by Crippen LogP contribution is 2.16. The molecule has 2 nitrogen and oxygen atoms in total. The lowest BCUT2D eigenvalue weighted by molar-refractivity contribution is -0.121. The van der Waals surface area contributed by atoms with Gasteiger partial charge in [-0.3, -0.25) is 4.79 Å². The molecule has 0 heterocycles. The highest BCUT2D eigenvalue weighted by atomic mass is 35.5. The van der Waals surface area contributed by atoms with Crippen molar-refractivity contribution in [2.75, 3.05) is 0 Å². The number of rotatable bonds is 4. The summed E-state index contributed by atoms with van der Waals surface area (Å²) in [6.45, 7) is 3.96. The van der Waals surface area contributed by atoms with Crippen LogP contribution < -0.4 is 5.32 Å². The predicted octanol–water partition coefficient (Wildman–Crippen LogP) is 3.32. The molecule has 0 fully saturated rings. The Kier molecular flexibility index (Phi) is 4.63. The Balaban J connectivity index is 2.57. The lowest BCUT2D eigenvalue weighted by Crippen LogP contribution is -2.26. The zero-order valence-electron chi connectivity index (χ0n) is 9.09. The second-order valence-electron chi connectivity index (χ2n) is 3.59. The first-order valence-electron chi connectivity index (χ1n) is 5.18. The van der Waals surface area contributed by atoms with Crippen LogP contribution >= 0.6 is 11.6 Å². The summed E-state index contributed by atoms with van der Waals surface area (Å²) in [6.07, 6.45) is 1.46. The van der Waals surface area contributed by atoms with Crippen LogP contribution in [0.1, 0.15) is 38.3 Å². The fourth-order valence-corrected chi connectivity index (χ4v) is 1.50. The quantitative estimate of drug-likeness (QED) is 0.837. The molecule has 1 aromatic carbocycles. The van der Waals surface area contributed by atoms with Crippen molar-refractivity contribution >= 4 is 17.5 Å². The first-order valence-corrected chi connectivity index (χ1v) is 5.56. The molecule has 0 unspecified atom stereocenters. The lowest BCUT2D eigenvalue weighted by Gasteiger charge is -2.13. The van der Waals surface area contributed by atoms with Crippen LogP contribution in [0.3, 0.4) is 0 Å². The average molecular weight is 226 g/mol. The third-order valence-corrected chi connectivity index (χ3v) is 2.48. The molecular formula is C12H16ClNO. The molecule has 15 heavy (non-hydrogen) atoms. The third-order valence-electron chi connectivity index (χ3n) is 2.22. The number of benzene rings is 1. The summed E-state index contributed by atoms with van der Waals surface area (Å²) in [5, 5.41) is 3.65. The maximum Gasteiger partial charge on any atom is 0.220 e. The first-order chi connectivity index (χ1) is 7.13. The van der Waals surface area contributed by atoms with E-state index >= 15 is 0 Å². The average Bonchev–Trinajstić information content (AvgIpc) is 2.18. The van der Waals surface area contributed by atoms with Crippen molar-refractivity contribution < 1.29 is 4.79 Å². The molecule has 1 aromatic rings. The van der Waals surface area contributed by atoms with Crippen molar-refractivity contribution in [3.63, 3.8) is 0 Å². The first kappa shape index (κ1) is 12.1. The van der Waals surface area contributed by atoms with Crippen LogP contribution in [-0.4, -0.2) is 5.91 Å². The third kappa shape index (κ3) is 3.92. The van der Waals surface area contributed by atoms with Gasteiger partial charge in [0.05, 0.1) is 6.04 Å². The lowest BCUT2D eigenvalue weighted by atomic mass is 10.1. The molecule has 1 rings (SSSR count). The Hall–Kier alpha value is -1.02. The topological polar surface area (TPSA) is 29.1 Å². The van der Waals surface area contributed by atoms with Crippen LogP contribution in [-0.2, 0) is 4.79 Å². The van der Waals surface area contributed by atoms with Gasteiger partial charge in [0.2, 0.25) is 5.91 Å². The molecule has 0 aliphatic carbocycles. The van der Waals surface area contributed by atoms with Crippen LogP contribution in [0, 0.1) is 0 Å². The second-order valence-corrected chi connectivity index (χ2v) is 4.03. The minimum Gasteiger partial charge on any atom is -0.350 e. The molecule has 82 valence electrons. The molecule has 0 aromatic heterocycles. The Morgan fingerprint density at radius 3 is 2.53 bits per heavy atom. The second kappa shape index (κ2) is 5.76. The molecule has 0 saturated heterocycles. The molecule has 0 aliphatic heterocycles. The molecule has 1 amide bonds. The molecular weight excluding hydrogens is 210 g/mol. The van der Waals surface area contributed by atoms with Crippen LogP contribution in [0.5, 0.6) is 0 Å². The summed E-state index contributed by atoms with van der Waals surface area (Å²) in [6, 6.07) is 7.57. The summed E-state index contributed by atoms with van der Waals surface area (Å²) in [7, 11) is 0. The van der Waals surface area contributed by atoms with Gasteiger partial charge in [0, 0.05) is 11.4 Å². The summed E-state index contributed by atoms with van der Waals surface area (Å²) in [5.74, 6) is 0.0972. The number of hydrogen-bond donors (Lipinski definition) is 1. The van der Waals surface area contributed by atoms with Gasteiger partial charge in [-0.05, 0) is 31.0 Å². The van der Waals surface area contributed by atoms with Gasteiger partial charge in [-0.1, -0.05) is 30.7 Å². The van der Waals surface area contributed by atoms with E-state index in [0.29, 0.717) is 11.4 Å². The van der Waals surface area contributed by atoms with Crippen molar-refractivity contribution in [1.82, 2.24) is 5.32 Å². The van der Waals surface area contributed by atoms with Gasteiger partial charge < -0.3 is 5.32 Å². The normalized spacial score (nSPS) is 12.2. The minimum atomic E-state index is 0.0429. The maximum absolute atomic E-state index is 11.4. The predicted molar refractivity (Wildman–Crippen MR) is 62.9 cm³/mol. The monoisotopic (exact) mass is 225 g/mol. The summed E-state index contributed by atoms with van der Waals surface area (Å²) < 4.78 is 0. The Morgan fingerprint density at radius 1 is 1.40 bits per heavy atom. The van der Waals surface area contributed by atoms with Gasteiger partial charge in [0.15, 0.2) is 0 Å². The van der Waals surface area contributed by atoms with Crippen molar-refractivity contribution in [2.24, 2.45) is 0 Å². The number of nitrogens with one attached hydrogen (secondary N) is 1. The van der Waals surface area contributed by atoms with E-state index in [1.165, 1.54) is 0 Å². The van der Waals surface area contributed by atoms with Gasteiger partial charge in [-0.2, -0.15) is 0 Å². The van der Waals surface area contributed by atoms with Gasteiger partial charge in [0.1, 0.15) is 0 Å². The van der Waals surface area contributed by atoms with Crippen molar-refractivity contribution in [3.05, 3.63) is 34.9 Å². The molecule has 0 radical (unpaired) electrons. The van der Waals surface area contributed by atoms with Crippen LogP contribution in [0.15, 0.2) is 24.3 Å². The van der Waals surface area contributed by atoms with E-state index in [0.717, 1.165) is 12.0 Å². The minimum absolute atomic E-state index is 0.0429. The number of amides is 1. The van der Waals surface area contributed by atoms with Crippen LogP contribution in [0.25, 0.3) is 0 Å². The summed E-state index contributed by atoms with van der Waals surface area (Å²) in [4.78, 5) is 11.4. The van der Waals surface area contributed by atoms with E-state index < -0.39 is 0 Å². The molecule has 0 saturated carbocycles. The molecule has 1 N–H and O–H groups in total. The fourth-order valence-electron chi connectivity index (χ4n) is 1.38. The Morgan fingerprint density at radius 2 is 2.00 bits per heavy atom. The van der Waals surface area contributed by atoms with E-state index in [2.05, 4.69) is 5.32 Å². The van der Waals surface area contributed by atoms with E-state index in [1.54, 1.807) is 0 Å². The summed E-state index contributed by atoms with van der Waals surface area (Å²) >= 11 is 5.78. The van der Waals surface area contributed by atoms with E-state index in [1.807, 2.05) is 38.1 Å². The molecule has 3 heteroatoms. The number of carbonyl (C=O) groups is 1. The Bertz CT molecular complexity index is 321. The van der Waals surface area contributed by atoms with Crippen molar-refractivity contribution in [2.45, 2.75) is 32.7 Å². The fraction of sp³-hybridized carbons (Fsp3) is 0.417. The number of hydrogen-bond acceptors (Lipinski definition) is 1. The molecule has 0 spiro atoms. The van der Waals surface area contributed by atoms with Gasteiger partial charge in [-0.25, -0.2) is 0 Å². The SMILES string of the molecule is CCCC(=O)N[C@@H](C)c1ccc(Cl)cc1. The number of halogens is 1. The molecule has 0 bridgehead atoms. The van der Waals surface area contributed by atoms with Crippen molar-refractivity contribution in [1.29, 1.82) is 0 Å². The van der Waals surface area contributed by atoms with Gasteiger partial charge in [0.25, 0.3) is 0 Å².